The molecule has 5 heteroatoms. The summed E-state index contributed by atoms with van der Waals surface area (Å²) in [5.41, 5.74) is -0.147. The summed E-state index contributed by atoms with van der Waals surface area (Å²) < 4.78 is 12.9. The van der Waals surface area contributed by atoms with Crippen LogP contribution in [-0.4, -0.2) is 5.91 Å². The van der Waals surface area contributed by atoms with Crippen LogP contribution in [0.4, 0.5) is 4.39 Å². The van der Waals surface area contributed by atoms with Gasteiger partial charge in [-0.05, 0) is 37.0 Å². The molecule has 0 unspecified atom stereocenters. The van der Waals surface area contributed by atoms with Gasteiger partial charge in [0, 0.05) is 6.54 Å². The number of hydrogen-bond donors (Lipinski definition) is 1. The largest absolute Gasteiger partial charge is 0.351 e. The number of halogens is 2. The minimum absolute atomic E-state index is 0.0281. The van der Waals surface area contributed by atoms with E-state index >= 15 is 0 Å². The van der Waals surface area contributed by atoms with Gasteiger partial charge in [-0.1, -0.05) is 17.7 Å². The van der Waals surface area contributed by atoms with E-state index in [2.05, 4.69) is 11.4 Å². The van der Waals surface area contributed by atoms with Gasteiger partial charge in [-0.25, -0.2) is 4.39 Å². The number of nitrogens with zero attached hydrogens (tertiary/aromatic N) is 1. The molecule has 2 rings (SSSR count). The molecular weight excluding hydrogens is 255 g/mol. The molecule has 0 aromatic heterocycles. The molecule has 1 aromatic carbocycles. The summed E-state index contributed by atoms with van der Waals surface area (Å²) in [5.74, 6) is -0.740. The van der Waals surface area contributed by atoms with Crippen LogP contribution in [0, 0.1) is 22.6 Å². The highest BCUT2D eigenvalue weighted by Crippen LogP contribution is 2.40. The first-order valence-electron chi connectivity index (χ1n) is 5.71. The van der Waals surface area contributed by atoms with Crippen molar-refractivity contribution in [3.8, 4) is 6.07 Å². The quantitative estimate of drug-likeness (QED) is 0.915. The molecule has 0 heterocycles. The minimum Gasteiger partial charge on any atom is -0.351 e. The van der Waals surface area contributed by atoms with Crippen molar-refractivity contribution < 1.29 is 9.18 Å². The van der Waals surface area contributed by atoms with Crippen molar-refractivity contribution in [2.75, 3.05) is 0 Å². The van der Waals surface area contributed by atoms with E-state index in [1.807, 2.05) is 0 Å². The SMILES string of the molecule is N#CC1(C(=O)NCc2ccc(F)c(Cl)c2)CCC1. The van der Waals surface area contributed by atoms with E-state index in [9.17, 15) is 9.18 Å². The summed E-state index contributed by atoms with van der Waals surface area (Å²) in [7, 11) is 0. The van der Waals surface area contributed by atoms with Gasteiger partial charge in [0.1, 0.15) is 11.2 Å². The Hall–Kier alpha value is -1.60. The lowest BCUT2D eigenvalue weighted by Gasteiger charge is -2.33. The highest BCUT2D eigenvalue weighted by molar-refractivity contribution is 6.30. The molecule has 0 aliphatic heterocycles. The Morgan fingerprint density at radius 2 is 2.28 bits per heavy atom. The van der Waals surface area contributed by atoms with E-state index in [-0.39, 0.29) is 17.5 Å². The van der Waals surface area contributed by atoms with Gasteiger partial charge in [0.2, 0.25) is 5.91 Å². The van der Waals surface area contributed by atoms with Gasteiger partial charge in [-0.2, -0.15) is 5.26 Å². The molecule has 18 heavy (non-hydrogen) atoms. The zero-order valence-corrected chi connectivity index (χ0v) is 10.4. The van der Waals surface area contributed by atoms with Gasteiger partial charge >= 0.3 is 0 Å². The molecule has 0 bridgehead atoms. The van der Waals surface area contributed by atoms with E-state index in [4.69, 9.17) is 16.9 Å². The third-order valence-corrected chi connectivity index (χ3v) is 3.58. The highest BCUT2D eigenvalue weighted by Gasteiger charge is 2.44. The predicted molar refractivity (Wildman–Crippen MR) is 65.2 cm³/mol. The number of carbonyl (C=O) groups excluding carboxylic acids is 1. The zero-order chi connectivity index (χ0) is 13.2. The molecule has 3 nitrogen and oxygen atoms in total. The first-order chi connectivity index (χ1) is 8.57. The van der Waals surface area contributed by atoms with Crippen LogP contribution in [0.25, 0.3) is 0 Å². The number of carbonyl (C=O) groups is 1. The molecule has 0 atom stereocenters. The number of hydrogen-bond acceptors (Lipinski definition) is 2. The molecule has 94 valence electrons. The lowest BCUT2D eigenvalue weighted by molar-refractivity contribution is -0.131. The van der Waals surface area contributed by atoms with E-state index in [0.29, 0.717) is 18.4 Å². The van der Waals surface area contributed by atoms with Gasteiger partial charge in [-0.15, -0.1) is 0 Å². The highest BCUT2D eigenvalue weighted by atomic mass is 35.5. The Morgan fingerprint density at radius 1 is 1.56 bits per heavy atom. The number of benzene rings is 1. The van der Waals surface area contributed by atoms with Crippen molar-refractivity contribution in [2.45, 2.75) is 25.8 Å². The van der Waals surface area contributed by atoms with Crippen molar-refractivity contribution >= 4 is 17.5 Å². The van der Waals surface area contributed by atoms with E-state index in [0.717, 1.165) is 6.42 Å². The third kappa shape index (κ3) is 2.32. The zero-order valence-electron chi connectivity index (χ0n) is 9.67. The van der Waals surface area contributed by atoms with Crippen LogP contribution in [0.3, 0.4) is 0 Å². The Kier molecular flexibility index (Phi) is 3.53. The van der Waals surface area contributed by atoms with Crippen molar-refractivity contribution in [1.82, 2.24) is 5.32 Å². The second-order valence-corrected chi connectivity index (χ2v) is 4.89. The summed E-state index contributed by atoms with van der Waals surface area (Å²) >= 11 is 5.64. The topological polar surface area (TPSA) is 52.9 Å². The summed E-state index contributed by atoms with van der Waals surface area (Å²) in [6.45, 7) is 0.252. The summed E-state index contributed by atoms with van der Waals surface area (Å²) in [5, 5.41) is 11.7. The maximum absolute atomic E-state index is 12.9. The van der Waals surface area contributed by atoms with E-state index < -0.39 is 11.2 Å². The Balaban J connectivity index is 1.97. The molecule has 1 saturated carbocycles. The monoisotopic (exact) mass is 266 g/mol. The van der Waals surface area contributed by atoms with Crippen molar-refractivity contribution in [1.29, 1.82) is 5.26 Å². The lowest BCUT2D eigenvalue weighted by atomic mass is 9.69. The van der Waals surface area contributed by atoms with Gasteiger partial charge in [0.05, 0.1) is 11.1 Å². The maximum Gasteiger partial charge on any atom is 0.240 e. The number of nitriles is 1. The fraction of sp³-hybridized carbons (Fsp3) is 0.385. The van der Waals surface area contributed by atoms with Crippen molar-refractivity contribution in [2.24, 2.45) is 5.41 Å². The molecule has 1 aromatic rings. The third-order valence-electron chi connectivity index (χ3n) is 3.29. The lowest BCUT2D eigenvalue weighted by Crippen LogP contribution is -2.44. The molecule has 0 spiro atoms. The van der Waals surface area contributed by atoms with Crippen LogP contribution in [0.15, 0.2) is 18.2 Å². The van der Waals surface area contributed by atoms with E-state index in [1.165, 1.54) is 12.1 Å². The van der Waals surface area contributed by atoms with Crippen LogP contribution in [-0.2, 0) is 11.3 Å². The van der Waals surface area contributed by atoms with Crippen LogP contribution < -0.4 is 5.32 Å². The van der Waals surface area contributed by atoms with Crippen molar-refractivity contribution in [3.05, 3.63) is 34.6 Å². The van der Waals surface area contributed by atoms with E-state index in [1.54, 1.807) is 6.07 Å². The van der Waals surface area contributed by atoms with Gasteiger partial charge in [0.25, 0.3) is 0 Å². The standard InChI is InChI=1S/C13H12ClFN2O/c14-10-6-9(2-3-11(10)15)7-17-12(18)13(8-16)4-1-5-13/h2-3,6H,1,4-5,7H2,(H,17,18). The Morgan fingerprint density at radius 3 is 2.78 bits per heavy atom. The van der Waals surface area contributed by atoms with Crippen LogP contribution in [0.5, 0.6) is 0 Å². The first-order valence-corrected chi connectivity index (χ1v) is 6.09. The van der Waals surface area contributed by atoms with Crippen LogP contribution >= 0.6 is 11.6 Å². The predicted octanol–water partition coefficient (Wildman–Crippen LogP) is 2.79. The fourth-order valence-electron chi connectivity index (χ4n) is 1.92. The smallest absolute Gasteiger partial charge is 0.240 e. The van der Waals surface area contributed by atoms with Crippen LogP contribution in [0.2, 0.25) is 5.02 Å². The van der Waals surface area contributed by atoms with Gasteiger partial charge in [-0.3, -0.25) is 4.79 Å². The molecule has 0 saturated heterocycles. The fourth-order valence-corrected chi connectivity index (χ4v) is 2.12. The molecule has 0 radical (unpaired) electrons. The maximum atomic E-state index is 12.9. The average Bonchev–Trinajstić information content (AvgIpc) is 2.30. The number of rotatable bonds is 3. The Labute approximate surface area is 110 Å². The molecule has 1 N–H and O–H groups in total. The minimum atomic E-state index is -0.857. The summed E-state index contributed by atoms with van der Waals surface area (Å²) in [6, 6.07) is 6.36. The molecule has 1 aliphatic carbocycles. The van der Waals surface area contributed by atoms with Gasteiger partial charge in [0.15, 0.2) is 0 Å². The molecule has 1 fully saturated rings. The number of amides is 1. The van der Waals surface area contributed by atoms with Gasteiger partial charge < -0.3 is 5.32 Å². The first kappa shape index (κ1) is 12.8. The number of nitrogens with one attached hydrogen (secondary N) is 1. The normalized spacial score (nSPS) is 16.5. The molecule has 1 amide bonds. The second-order valence-electron chi connectivity index (χ2n) is 4.48. The molecule has 1 aliphatic rings. The van der Waals surface area contributed by atoms with Crippen LogP contribution in [0.1, 0.15) is 24.8 Å². The molecular formula is C13H12ClFN2O. The second kappa shape index (κ2) is 4.95. The van der Waals surface area contributed by atoms with Crippen molar-refractivity contribution in [3.63, 3.8) is 0 Å². The summed E-state index contributed by atoms with van der Waals surface area (Å²) in [4.78, 5) is 11.9. The Bertz CT molecular complexity index is 520. The average molecular weight is 267 g/mol. The summed E-state index contributed by atoms with van der Waals surface area (Å²) in [6.07, 6.45) is 2.13.